The molecule has 2 aromatic heterocycles. The van der Waals surface area contributed by atoms with Crippen LogP contribution in [0.15, 0.2) is 42.6 Å². The molecule has 0 amide bonds. The number of Topliss-reactive ketones (excluding diaryl/α,β-unsaturated/α-hetero) is 1. The summed E-state index contributed by atoms with van der Waals surface area (Å²) in [7, 11) is 0. The Balaban J connectivity index is 1.52. The normalized spacial score (nSPS) is 12.5. The van der Waals surface area contributed by atoms with Gasteiger partial charge in [-0.25, -0.2) is 4.79 Å². The molecule has 7 nitrogen and oxygen atoms in total. The molecule has 1 aliphatic rings. The first kappa shape index (κ1) is 19.7. The van der Waals surface area contributed by atoms with Crippen molar-refractivity contribution in [3.8, 4) is 17.2 Å². The molecular formula is C23H22N2O5. The topological polar surface area (TPSA) is 79.7 Å². The first-order valence-electron chi connectivity index (χ1n) is 9.66. The fraction of sp³-hybridized carbons (Fsp3) is 0.261. The minimum absolute atomic E-state index is 0.264. The molecule has 0 unspecified atom stereocenters. The first-order chi connectivity index (χ1) is 14.4. The Morgan fingerprint density at radius 2 is 1.80 bits per heavy atom. The van der Waals surface area contributed by atoms with E-state index in [1.54, 1.807) is 18.2 Å². The smallest absolute Gasteiger partial charge is 0.340 e. The van der Waals surface area contributed by atoms with Crippen LogP contribution in [0.25, 0.3) is 5.69 Å². The van der Waals surface area contributed by atoms with Gasteiger partial charge in [-0.15, -0.1) is 0 Å². The molecule has 0 N–H and O–H groups in total. The summed E-state index contributed by atoms with van der Waals surface area (Å²) in [5, 5.41) is 0. The maximum Gasteiger partial charge on any atom is 0.340 e. The van der Waals surface area contributed by atoms with Crippen LogP contribution in [0.3, 0.4) is 0 Å². The Morgan fingerprint density at radius 1 is 1.03 bits per heavy atom. The van der Waals surface area contributed by atoms with Gasteiger partial charge in [0, 0.05) is 40.6 Å². The fourth-order valence-corrected chi connectivity index (χ4v) is 3.49. The van der Waals surface area contributed by atoms with Crippen molar-refractivity contribution in [1.29, 1.82) is 0 Å². The lowest BCUT2D eigenvalue weighted by molar-refractivity contribution is 0.0474. The number of hydrogen-bond acceptors (Lipinski definition) is 6. The third-order valence-electron chi connectivity index (χ3n) is 5.00. The zero-order chi connectivity index (χ0) is 21.3. The van der Waals surface area contributed by atoms with E-state index < -0.39 is 5.97 Å². The predicted octanol–water partition coefficient (Wildman–Crippen LogP) is 3.61. The summed E-state index contributed by atoms with van der Waals surface area (Å²) in [5.74, 6) is 0.554. The van der Waals surface area contributed by atoms with E-state index in [0.29, 0.717) is 35.8 Å². The van der Waals surface area contributed by atoms with Gasteiger partial charge in [-0.2, -0.15) is 0 Å². The number of esters is 1. The molecule has 0 bridgehead atoms. The monoisotopic (exact) mass is 406 g/mol. The maximum absolute atomic E-state index is 12.7. The lowest BCUT2D eigenvalue weighted by atomic mass is 10.1. The molecular weight excluding hydrogens is 384 g/mol. The van der Waals surface area contributed by atoms with Crippen LogP contribution in [-0.2, 0) is 4.74 Å². The van der Waals surface area contributed by atoms with Crippen molar-refractivity contribution in [2.45, 2.75) is 20.8 Å². The molecule has 3 heterocycles. The third-order valence-corrected chi connectivity index (χ3v) is 5.00. The van der Waals surface area contributed by atoms with E-state index in [4.69, 9.17) is 14.2 Å². The molecule has 1 aliphatic heterocycles. The summed E-state index contributed by atoms with van der Waals surface area (Å²) in [6.07, 6.45) is 1.44. The number of fused-ring (bicyclic) bond motifs is 1. The van der Waals surface area contributed by atoms with Crippen molar-refractivity contribution >= 4 is 11.8 Å². The lowest BCUT2D eigenvalue weighted by Gasteiger charge is -2.20. The molecule has 0 saturated carbocycles. The van der Waals surface area contributed by atoms with Crippen LogP contribution >= 0.6 is 0 Å². The number of hydrogen-bond donors (Lipinski definition) is 0. The van der Waals surface area contributed by atoms with Crippen LogP contribution in [0.5, 0.6) is 11.5 Å². The molecule has 0 atom stereocenters. The van der Waals surface area contributed by atoms with E-state index in [1.165, 1.54) is 6.20 Å². The molecule has 4 rings (SSSR count). The molecule has 7 heteroatoms. The number of carbonyl (C=O) groups excluding carboxylic acids is 2. The van der Waals surface area contributed by atoms with Crippen molar-refractivity contribution in [3.63, 3.8) is 0 Å². The largest absolute Gasteiger partial charge is 0.486 e. The summed E-state index contributed by atoms with van der Waals surface area (Å²) in [6.45, 7) is 6.32. The van der Waals surface area contributed by atoms with Gasteiger partial charge in [0.1, 0.15) is 13.2 Å². The molecule has 154 valence electrons. The standard InChI is InChI=1S/C23H22N2O5/c1-14-4-5-17(12-24-14)23(27)30-13-20(26)19-10-15(2)25(16(19)3)18-6-7-21-22(11-18)29-9-8-28-21/h4-7,10-12H,8-9,13H2,1-3H3. The molecule has 0 spiro atoms. The number of ether oxygens (including phenoxy) is 3. The predicted molar refractivity (Wildman–Crippen MR) is 110 cm³/mol. The van der Waals surface area contributed by atoms with E-state index in [1.807, 2.05) is 43.5 Å². The Morgan fingerprint density at radius 3 is 2.53 bits per heavy atom. The number of carbonyl (C=O) groups is 2. The van der Waals surface area contributed by atoms with Gasteiger partial charge in [-0.05, 0) is 51.1 Å². The summed E-state index contributed by atoms with van der Waals surface area (Å²) in [6, 6.07) is 10.8. The Bertz CT molecular complexity index is 1120. The van der Waals surface area contributed by atoms with Gasteiger partial charge in [0.2, 0.25) is 5.78 Å². The van der Waals surface area contributed by atoms with Crippen LogP contribution in [0.4, 0.5) is 0 Å². The summed E-state index contributed by atoms with van der Waals surface area (Å²) in [5.41, 5.74) is 4.15. The number of rotatable bonds is 5. The second-order valence-electron chi connectivity index (χ2n) is 7.14. The van der Waals surface area contributed by atoms with Crippen molar-refractivity contribution in [2.75, 3.05) is 19.8 Å². The number of aryl methyl sites for hydroxylation is 2. The van der Waals surface area contributed by atoms with Crippen LogP contribution in [0, 0.1) is 20.8 Å². The minimum Gasteiger partial charge on any atom is -0.486 e. The van der Waals surface area contributed by atoms with Gasteiger partial charge in [-0.3, -0.25) is 9.78 Å². The highest BCUT2D eigenvalue weighted by Gasteiger charge is 2.20. The Hall–Kier alpha value is -3.61. The number of pyridine rings is 1. The number of aromatic nitrogens is 2. The number of nitrogens with zero attached hydrogens (tertiary/aromatic N) is 2. The van der Waals surface area contributed by atoms with Crippen LogP contribution in [0.2, 0.25) is 0 Å². The van der Waals surface area contributed by atoms with Crippen molar-refractivity contribution in [2.24, 2.45) is 0 Å². The molecule has 0 aliphatic carbocycles. The van der Waals surface area contributed by atoms with E-state index >= 15 is 0 Å². The summed E-state index contributed by atoms with van der Waals surface area (Å²) < 4.78 is 18.4. The second kappa shape index (κ2) is 8.02. The quantitative estimate of drug-likeness (QED) is 0.476. The van der Waals surface area contributed by atoms with Gasteiger partial charge in [-0.1, -0.05) is 0 Å². The van der Waals surface area contributed by atoms with Gasteiger partial charge >= 0.3 is 5.97 Å². The van der Waals surface area contributed by atoms with Crippen LogP contribution in [0.1, 0.15) is 37.8 Å². The Labute approximate surface area is 174 Å². The van der Waals surface area contributed by atoms with Crippen LogP contribution in [-0.4, -0.2) is 41.1 Å². The van der Waals surface area contributed by atoms with E-state index in [-0.39, 0.29) is 12.4 Å². The van der Waals surface area contributed by atoms with Crippen molar-refractivity contribution < 1.29 is 23.8 Å². The maximum atomic E-state index is 12.7. The molecule has 0 saturated heterocycles. The van der Waals surface area contributed by atoms with Gasteiger partial charge in [0.15, 0.2) is 18.1 Å². The first-order valence-corrected chi connectivity index (χ1v) is 9.66. The number of ketones is 1. The highest BCUT2D eigenvalue weighted by molar-refractivity contribution is 6.00. The third kappa shape index (κ3) is 3.78. The SMILES string of the molecule is Cc1ccc(C(=O)OCC(=O)c2cc(C)n(-c3ccc4c(c3)OCCO4)c2C)cn1. The molecule has 30 heavy (non-hydrogen) atoms. The van der Waals surface area contributed by atoms with Gasteiger partial charge in [0.05, 0.1) is 5.56 Å². The summed E-state index contributed by atoms with van der Waals surface area (Å²) >= 11 is 0. The second-order valence-corrected chi connectivity index (χ2v) is 7.14. The van der Waals surface area contributed by atoms with Crippen molar-refractivity contribution in [1.82, 2.24) is 9.55 Å². The molecule has 3 aromatic rings. The fourth-order valence-electron chi connectivity index (χ4n) is 3.49. The molecule has 0 radical (unpaired) electrons. The van der Waals surface area contributed by atoms with Crippen molar-refractivity contribution in [3.05, 3.63) is 70.8 Å². The van der Waals surface area contributed by atoms with E-state index in [9.17, 15) is 9.59 Å². The van der Waals surface area contributed by atoms with Gasteiger partial charge in [0.25, 0.3) is 0 Å². The Kier molecular flexibility index (Phi) is 5.27. The molecule has 0 fully saturated rings. The van der Waals surface area contributed by atoms with Gasteiger partial charge < -0.3 is 18.8 Å². The average Bonchev–Trinajstić information content (AvgIpc) is 3.06. The number of benzene rings is 1. The minimum atomic E-state index is -0.573. The lowest BCUT2D eigenvalue weighted by Crippen LogP contribution is -2.16. The van der Waals surface area contributed by atoms with Crippen LogP contribution < -0.4 is 9.47 Å². The zero-order valence-corrected chi connectivity index (χ0v) is 17.1. The van der Waals surface area contributed by atoms with E-state index in [0.717, 1.165) is 22.8 Å². The highest BCUT2D eigenvalue weighted by Crippen LogP contribution is 2.33. The highest BCUT2D eigenvalue weighted by atomic mass is 16.6. The average molecular weight is 406 g/mol. The van der Waals surface area contributed by atoms with E-state index in [2.05, 4.69) is 4.98 Å². The summed E-state index contributed by atoms with van der Waals surface area (Å²) in [4.78, 5) is 29.0. The zero-order valence-electron chi connectivity index (χ0n) is 17.1. The molecule has 1 aromatic carbocycles.